The van der Waals surface area contributed by atoms with Gasteiger partial charge < -0.3 is 10.3 Å². The summed E-state index contributed by atoms with van der Waals surface area (Å²) in [6, 6.07) is 1.89. The average molecular weight is 247 g/mol. The van der Waals surface area contributed by atoms with Crippen LogP contribution < -0.4 is 10.9 Å². The highest BCUT2D eigenvalue weighted by Gasteiger charge is 2.06. The first-order valence-corrected chi connectivity index (χ1v) is 5.48. The van der Waals surface area contributed by atoms with Crippen LogP contribution >= 0.6 is 0 Å². The number of rotatable bonds is 4. The molecule has 7 heteroatoms. The van der Waals surface area contributed by atoms with E-state index in [-0.39, 0.29) is 17.2 Å². The Morgan fingerprint density at radius 2 is 2.39 bits per heavy atom. The van der Waals surface area contributed by atoms with Gasteiger partial charge in [-0.15, -0.1) is 0 Å². The second-order valence-electron chi connectivity index (χ2n) is 3.77. The van der Waals surface area contributed by atoms with Crippen molar-refractivity contribution in [3.63, 3.8) is 0 Å². The average Bonchev–Trinajstić information content (AvgIpc) is 2.76. The number of amides is 1. The summed E-state index contributed by atoms with van der Waals surface area (Å²) in [4.78, 5) is 28.5. The Hall–Kier alpha value is -2.44. The van der Waals surface area contributed by atoms with Crippen molar-refractivity contribution in [2.45, 2.75) is 13.5 Å². The smallest absolute Gasteiger partial charge is 0.271 e. The highest BCUT2D eigenvalue weighted by Crippen LogP contribution is 1.92. The molecule has 0 fully saturated rings. The number of aryl methyl sites for hydroxylation is 1. The van der Waals surface area contributed by atoms with E-state index in [1.165, 1.54) is 6.20 Å². The molecule has 2 aromatic heterocycles. The summed E-state index contributed by atoms with van der Waals surface area (Å²) >= 11 is 0. The third-order valence-corrected chi connectivity index (χ3v) is 2.31. The minimum Gasteiger partial charge on any atom is -0.349 e. The van der Waals surface area contributed by atoms with E-state index in [0.717, 1.165) is 11.9 Å². The summed E-state index contributed by atoms with van der Waals surface area (Å²) in [5, 5.41) is 6.89. The SMILES string of the molecule is Cc1ccn(CCNC(=O)c2c[nH]c(=O)cn2)n1. The molecule has 0 aromatic carbocycles. The van der Waals surface area contributed by atoms with E-state index in [0.29, 0.717) is 13.1 Å². The lowest BCUT2D eigenvalue weighted by molar-refractivity contribution is 0.0946. The van der Waals surface area contributed by atoms with Crippen molar-refractivity contribution in [3.8, 4) is 0 Å². The van der Waals surface area contributed by atoms with E-state index in [4.69, 9.17) is 0 Å². The van der Waals surface area contributed by atoms with Crippen molar-refractivity contribution in [1.82, 2.24) is 25.1 Å². The number of carbonyl (C=O) groups excluding carboxylic acids is 1. The van der Waals surface area contributed by atoms with Crippen molar-refractivity contribution in [2.24, 2.45) is 0 Å². The first-order valence-electron chi connectivity index (χ1n) is 5.48. The molecular formula is C11H13N5O2. The summed E-state index contributed by atoms with van der Waals surface area (Å²) in [6.45, 7) is 2.93. The topological polar surface area (TPSA) is 92.7 Å². The van der Waals surface area contributed by atoms with Crippen LogP contribution in [0.25, 0.3) is 0 Å². The number of aromatic amines is 1. The summed E-state index contributed by atoms with van der Waals surface area (Å²) in [5.74, 6) is -0.324. The minimum atomic E-state index is -0.335. The predicted molar refractivity (Wildman–Crippen MR) is 64.2 cm³/mol. The third-order valence-electron chi connectivity index (χ3n) is 2.31. The first kappa shape index (κ1) is 12.0. The van der Waals surface area contributed by atoms with Gasteiger partial charge in [-0.25, -0.2) is 4.98 Å². The van der Waals surface area contributed by atoms with Crippen molar-refractivity contribution in [1.29, 1.82) is 0 Å². The molecule has 0 aliphatic rings. The fraction of sp³-hybridized carbons (Fsp3) is 0.273. The molecule has 0 saturated carbocycles. The van der Waals surface area contributed by atoms with Crippen LogP contribution in [-0.2, 0) is 6.54 Å². The number of aromatic nitrogens is 4. The highest BCUT2D eigenvalue weighted by atomic mass is 16.2. The molecule has 7 nitrogen and oxygen atoms in total. The normalized spacial score (nSPS) is 10.3. The Morgan fingerprint density at radius 3 is 3.00 bits per heavy atom. The summed E-state index contributed by atoms with van der Waals surface area (Å²) in [6.07, 6.45) is 4.21. The maximum absolute atomic E-state index is 11.6. The van der Waals surface area contributed by atoms with E-state index in [2.05, 4.69) is 20.4 Å². The van der Waals surface area contributed by atoms with Crippen molar-refractivity contribution in [3.05, 3.63) is 46.4 Å². The van der Waals surface area contributed by atoms with Crippen molar-refractivity contribution < 1.29 is 4.79 Å². The van der Waals surface area contributed by atoms with Gasteiger partial charge in [0.25, 0.3) is 11.5 Å². The molecule has 0 radical (unpaired) electrons. The van der Waals surface area contributed by atoms with Crippen molar-refractivity contribution >= 4 is 5.91 Å². The first-order chi connectivity index (χ1) is 8.65. The molecule has 94 valence electrons. The highest BCUT2D eigenvalue weighted by molar-refractivity contribution is 5.91. The number of hydrogen-bond acceptors (Lipinski definition) is 4. The van der Waals surface area contributed by atoms with E-state index >= 15 is 0 Å². The molecular weight excluding hydrogens is 234 g/mol. The van der Waals surface area contributed by atoms with Crippen LogP contribution in [0.1, 0.15) is 16.2 Å². The molecule has 2 aromatic rings. The summed E-state index contributed by atoms with van der Waals surface area (Å²) in [5.41, 5.74) is 0.786. The Kier molecular flexibility index (Phi) is 3.52. The molecule has 2 N–H and O–H groups in total. The molecule has 0 spiro atoms. The molecule has 0 bridgehead atoms. The number of hydrogen-bond donors (Lipinski definition) is 2. The van der Waals surface area contributed by atoms with Crippen LogP contribution in [0.2, 0.25) is 0 Å². The molecule has 1 amide bonds. The molecule has 18 heavy (non-hydrogen) atoms. The van der Waals surface area contributed by atoms with Gasteiger partial charge in [0.05, 0.1) is 18.4 Å². The van der Waals surface area contributed by atoms with Gasteiger partial charge in [-0.3, -0.25) is 14.3 Å². The lowest BCUT2D eigenvalue weighted by Gasteiger charge is -2.04. The van der Waals surface area contributed by atoms with E-state index in [1.807, 2.05) is 19.2 Å². The zero-order valence-electron chi connectivity index (χ0n) is 9.88. The molecule has 0 atom stereocenters. The minimum absolute atomic E-state index is 0.186. The molecule has 2 rings (SSSR count). The van der Waals surface area contributed by atoms with Crippen LogP contribution in [0, 0.1) is 6.92 Å². The largest absolute Gasteiger partial charge is 0.349 e. The van der Waals surface area contributed by atoms with E-state index < -0.39 is 0 Å². The number of H-pyrrole nitrogens is 1. The fourth-order valence-electron chi connectivity index (χ4n) is 1.43. The molecule has 0 saturated heterocycles. The zero-order valence-corrected chi connectivity index (χ0v) is 9.88. The standard InChI is InChI=1S/C11H13N5O2/c1-8-2-4-16(15-8)5-3-12-11(18)9-6-14-10(17)7-13-9/h2,4,6-7H,3,5H2,1H3,(H,12,18)(H,14,17). The van der Waals surface area contributed by atoms with Gasteiger partial charge in [0.15, 0.2) is 0 Å². The number of nitrogens with one attached hydrogen (secondary N) is 2. The van der Waals surface area contributed by atoms with Crippen LogP contribution in [0.4, 0.5) is 0 Å². The van der Waals surface area contributed by atoms with Crippen LogP contribution in [0.3, 0.4) is 0 Å². The van der Waals surface area contributed by atoms with E-state index in [9.17, 15) is 9.59 Å². The Bertz CT molecular complexity index is 581. The van der Waals surface area contributed by atoms with Crippen LogP contribution in [0.5, 0.6) is 0 Å². The van der Waals surface area contributed by atoms with Gasteiger partial charge in [0.1, 0.15) is 5.69 Å². The Labute approximate surface area is 103 Å². The van der Waals surface area contributed by atoms with Crippen LogP contribution in [-0.4, -0.2) is 32.2 Å². The monoisotopic (exact) mass is 247 g/mol. The van der Waals surface area contributed by atoms with Gasteiger partial charge in [-0.2, -0.15) is 5.10 Å². The van der Waals surface area contributed by atoms with Crippen LogP contribution in [0.15, 0.2) is 29.5 Å². The third kappa shape index (κ3) is 3.03. The summed E-state index contributed by atoms with van der Waals surface area (Å²) in [7, 11) is 0. The quantitative estimate of drug-likeness (QED) is 0.776. The van der Waals surface area contributed by atoms with E-state index in [1.54, 1.807) is 4.68 Å². The number of carbonyl (C=O) groups is 1. The van der Waals surface area contributed by atoms with Gasteiger partial charge in [-0.05, 0) is 13.0 Å². The molecule has 0 aliphatic carbocycles. The van der Waals surface area contributed by atoms with Gasteiger partial charge >= 0.3 is 0 Å². The van der Waals surface area contributed by atoms with Crippen molar-refractivity contribution in [2.75, 3.05) is 6.54 Å². The Morgan fingerprint density at radius 1 is 1.56 bits per heavy atom. The fourth-order valence-corrected chi connectivity index (χ4v) is 1.43. The number of nitrogens with zero attached hydrogens (tertiary/aromatic N) is 3. The maximum Gasteiger partial charge on any atom is 0.271 e. The molecule has 0 unspecified atom stereocenters. The second kappa shape index (κ2) is 5.26. The lowest BCUT2D eigenvalue weighted by atomic mass is 10.4. The predicted octanol–water partition coefficient (Wildman–Crippen LogP) is -0.295. The Balaban J connectivity index is 1.85. The van der Waals surface area contributed by atoms with Gasteiger partial charge in [0.2, 0.25) is 0 Å². The molecule has 0 aliphatic heterocycles. The van der Waals surface area contributed by atoms with Gasteiger partial charge in [-0.1, -0.05) is 0 Å². The molecule has 2 heterocycles. The second-order valence-corrected chi connectivity index (χ2v) is 3.77. The van der Waals surface area contributed by atoms with Gasteiger partial charge in [0, 0.05) is 18.9 Å². The lowest BCUT2D eigenvalue weighted by Crippen LogP contribution is -2.28. The summed E-state index contributed by atoms with van der Waals surface area (Å²) < 4.78 is 1.75. The maximum atomic E-state index is 11.6. The zero-order chi connectivity index (χ0) is 13.0.